The summed E-state index contributed by atoms with van der Waals surface area (Å²) >= 11 is 0. The first-order valence-corrected chi connectivity index (χ1v) is 5.81. The first-order valence-electron chi connectivity index (χ1n) is 2.55. The van der Waals surface area contributed by atoms with Crippen molar-refractivity contribution < 1.29 is 17.3 Å². The van der Waals surface area contributed by atoms with Gasteiger partial charge in [-0.3, -0.25) is 0 Å². The van der Waals surface area contributed by atoms with Crippen LogP contribution in [0.3, 0.4) is 0 Å². The molecule has 0 rings (SSSR count). The third-order valence-electron chi connectivity index (χ3n) is 0.921. The minimum atomic E-state index is -4.02. The number of hydrogen-bond acceptors (Lipinski definition) is 1. The highest BCUT2D eigenvalue weighted by atomic mass is 28.3. The average molecular weight is 174 g/mol. The van der Waals surface area contributed by atoms with E-state index in [0.29, 0.717) is 10.5 Å². The monoisotopic (exact) mass is 174 g/mol. The lowest BCUT2D eigenvalue weighted by Gasteiger charge is -2.09. The summed E-state index contributed by atoms with van der Waals surface area (Å²) in [5, 5.41) is 0. The van der Waals surface area contributed by atoms with Gasteiger partial charge in [0.15, 0.2) is 9.04 Å². The van der Waals surface area contributed by atoms with E-state index in [0.717, 1.165) is 0 Å². The van der Waals surface area contributed by atoms with Crippen molar-refractivity contribution in [3.8, 4) is 0 Å². The van der Waals surface area contributed by atoms with Crippen LogP contribution in [0.15, 0.2) is 0 Å². The van der Waals surface area contributed by atoms with Crippen LogP contribution in [-0.2, 0) is 4.12 Å². The third kappa shape index (κ3) is 6.06. The van der Waals surface area contributed by atoms with Gasteiger partial charge >= 0.3 is 6.18 Å². The van der Waals surface area contributed by atoms with Crippen molar-refractivity contribution in [3.05, 3.63) is 0 Å². The maximum absolute atomic E-state index is 11.5. The Morgan fingerprint density at radius 1 is 1.56 bits per heavy atom. The molecule has 9 heavy (non-hydrogen) atoms. The minimum Gasteiger partial charge on any atom is -0.465 e. The molecule has 0 spiro atoms. The first kappa shape index (κ1) is 9.18. The van der Waals surface area contributed by atoms with E-state index < -0.39 is 21.3 Å². The van der Waals surface area contributed by atoms with Gasteiger partial charge in [-0.1, -0.05) is 0 Å². The van der Waals surface area contributed by atoms with Gasteiger partial charge in [0.1, 0.15) is 10.5 Å². The first-order chi connectivity index (χ1) is 3.95. The molecule has 0 saturated heterocycles. The Morgan fingerprint density at radius 3 is 2.11 bits per heavy atom. The summed E-state index contributed by atoms with van der Waals surface area (Å²) < 4.78 is 39.1. The van der Waals surface area contributed by atoms with Gasteiger partial charge < -0.3 is 4.12 Å². The smallest absolute Gasteiger partial charge is 0.388 e. The molecule has 0 radical (unpaired) electrons. The molecule has 1 atom stereocenters. The van der Waals surface area contributed by atoms with Crippen molar-refractivity contribution in [2.75, 3.05) is 0 Å². The number of rotatable bonds is 2. The summed E-state index contributed by atoms with van der Waals surface area (Å²) in [6, 6.07) is -0.698. The second kappa shape index (κ2) is 3.38. The van der Waals surface area contributed by atoms with Crippen LogP contribution in [0, 0.1) is 0 Å². The highest BCUT2D eigenvalue weighted by molar-refractivity contribution is 6.54. The molecule has 0 aliphatic rings. The molecule has 56 valence electrons. The molecule has 0 aromatic carbocycles. The zero-order chi connectivity index (χ0) is 7.49. The second-order valence-electron chi connectivity index (χ2n) is 1.87. The molecule has 0 fully saturated rings. The fourth-order valence-corrected chi connectivity index (χ4v) is 1.73. The Kier molecular flexibility index (Phi) is 3.45. The van der Waals surface area contributed by atoms with Crippen LogP contribution < -0.4 is 0 Å². The quantitative estimate of drug-likeness (QED) is 0.543. The summed E-state index contributed by atoms with van der Waals surface area (Å²) in [6.07, 6.45) is -4.02. The molecule has 0 heterocycles. The molecule has 0 aliphatic carbocycles. The van der Waals surface area contributed by atoms with Crippen LogP contribution in [0.25, 0.3) is 0 Å². The zero-order valence-corrected chi connectivity index (χ0v) is 8.48. The van der Waals surface area contributed by atoms with Crippen molar-refractivity contribution in [2.24, 2.45) is 0 Å². The van der Waals surface area contributed by atoms with Crippen LogP contribution in [-0.4, -0.2) is 25.7 Å². The summed E-state index contributed by atoms with van der Waals surface area (Å²) in [4.78, 5) is 0. The lowest BCUT2D eigenvalue weighted by Crippen LogP contribution is -2.21. The molecule has 0 aliphatic heterocycles. The van der Waals surface area contributed by atoms with Crippen molar-refractivity contribution in [1.82, 2.24) is 0 Å². The third-order valence-corrected chi connectivity index (χ3v) is 5.18. The van der Waals surface area contributed by atoms with Crippen LogP contribution in [0.5, 0.6) is 0 Å². The van der Waals surface area contributed by atoms with Crippen molar-refractivity contribution in [1.29, 1.82) is 0 Å². The molecule has 6 heteroatoms. The Labute approximate surface area is 56.5 Å². The molecule has 1 nitrogen and oxygen atoms in total. The summed E-state index contributed by atoms with van der Waals surface area (Å²) in [6.45, 7) is 1.56. The zero-order valence-electron chi connectivity index (χ0n) is 5.33. The van der Waals surface area contributed by atoms with E-state index in [2.05, 4.69) is 4.12 Å². The van der Waals surface area contributed by atoms with Gasteiger partial charge in [-0.25, -0.2) is 0 Å². The van der Waals surface area contributed by atoms with Crippen molar-refractivity contribution in [2.45, 2.75) is 18.8 Å². The van der Waals surface area contributed by atoms with Gasteiger partial charge in [0.05, 0.1) is 6.04 Å². The molecule has 0 saturated carbocycles. The van der Waals surface area contributed by atoms with Crippen LogP contribution >= 0.6 is 0 Å². The summed E-state index contributed by atoms with van der Waals surface area (Å²) in [5.41, 5.74) is 0. The normalized spacial score (nSPS) is 16.0. The maximum Gasteiger partial charge on any atom is 0.388 e. The number of halogens is 3. The van der Waals surface area contributed by atoms with Gasteiger partial charge in [0.25, 0.3) is 0 Å². The SMILES string of the molecule is C[SiH](CC(F)(F)F)O[SiH3]. The van der Waals surface area contributed by atoms with Gasteiger partial charge in [-0.2, -0.15) is 13.2 Å². The topological polar surface area (TPSA) is 9.23 Å². The average Bonchev–Trinajstić information content (AvgIpc) is 1.62. The van der Waals surface area contributed by atoms with E-state index in [-0.39, 0.29) is 0 Å². The molecule has 0 bridgehead atoms. The fourth-order valence-electron chi connectivity index (χ4n) is 0.409. The molecule has 0 aromatic heterocycles. The van der Waals surface area contributed by atoms with E-state index in [1.54, 1.807) is 6.55 Å². The molecule has 0 aromatic rings. The maximum atomic E-state index is 11.5. The molecule has 1 unspecified atom stereocenters. The van der Waals surface area contributed by atoms with E-state index in [4.69, 9.17) is 0 Å². The van der Waals surface area contributed by atoms with Crippen LogP contribution in [0.2, 0.25) is 12.6 Å². The van der Waals surface area contributed by atoms with Crippen molar-refractivity contribution >= 4 is 19.5 Å². The molecular weight excluding hydrogens is 165 g/mol. The highest BCUT2D eigenvalue weighted by Crippen LogP contribution is 2.21. The number of alkyl halides is 3. The summed E-state index contributed by atoms with van der Waals surface area (Å²) in [7, 11) is -1.44. The Morgan fingerprint density at radius 2 is 2.00 bits per heavy atom. The lowest BCUT2D eigenvalue weighted by atomic mass is 10.8. The van der Waals surface area contributed by atoms with Gasteiger partial charge in [-0.15, -0.1) is 0 Å². The van der Waals surface area contributed by atoms with E-state index in [9.17, 15) is 13.2 Å². The van der Waals surface area contributed by atoms with Crippen molar-refractivity contribution in [3.63, 3.8) is 0 Å². The van der Waals surface area contributed by atoms with E-state index in [1.807, 2.05) is 0 Å². The number of hydrogen-bond donors (Lipinski definition) is 0. The molecule has 0 amide bonds. The second-order valence-corrected chi connectivity index (χ2v) is 5.78. The van der Waals surface area contributed by atoms with E-state index in [1.165, 1.54) is 0 Å². The standard InChI is InChI=1S/C3H9F3OSi2/c1-9(7-8)2-3(4,5)6/h9H,2H2,1,8H3. The van der Waals surface area contributed by atoms with Gasteiger partial charge in [0, 0.05) is 0 Å². The van der Waals surface area contributed by atoms with Gasteiger partial charge in [0.2, 0.25) is 0 Å². The predicted octanol–water partition coefficient (Wildman–Crippen LogP) is 0.199. The van der Waals surface area contributed by atoms with Gasteiger partial charge in [-0.05, 0) is 6.55 Å². The Hall–Kier alpha value is 0.184. The lowest BCUT2D eigenvalue weighted by molar-refractivity contribution is -0.111. The van der Waals surface area contributed by atoms with Crippen LogP contribution in [0.4, 0.5) is 13.2 Å². The molecule has 0 N–H and O–H groups in total. The predicted molar refractivity (Wildman–Crippen MR) is 34.9 cm³/mol. The van der Waals surface area contributed by atoms with Crippen LogP contribution in [0.1, 0.15) is 0 Å². The summed E-state index contributed by atoms with van der Waals surface area (Å²) in [5.74, 6) is 0. The largest absolute Gasteiger partial charge is 0.465 e. The fraction of sp³-hybridized carbons (Fsp3) is 1.00. The Bertz CT molecular complexity index is 83.6. The Balaban J connectivity index is 3.47. The minimum absolute atomic E-state index is 0.428. The molecular formula is C3H9F3OSi2. The highest BCUT2D eigenvalue weighted by Gasteiger charge is 2.30. The van der Waals surface area contributed by atoms with E-state index >= 15 is 0 Å².